The number of piperazine rings is 1. The molecule has 0 radical (unpaired) electrons. The standard InChI is InChI=1S/C34H42N4O4S/c1-36-13-15-37(16-14-36)31-10-4-7-27(19-31)22-38(23-28-8-5-11-32(20-28)39-2)34-35-30(26-43-34)25-42-18-17-41-24-29-9-6-12-33(21-29)40-3/h4-12,19-21,26H,13-18,22-25H2,1-3H3. The molecule has 43 heavy (non-hydrogen) atoms. The summed E-state index contributed by atoms with van der Waals surface area (Å²) in [6.45, 7) is 7.75. The Bertz CT molecular complexity index is 1420. The molecule has 228 valence electrons. The van der Waals surface area contributed by atoms with Crippen LogP contribution in [0.4, 0.5) is 10.8 Å². The molecule has 0 bridgehead atoms. The minimum atomic E-state index is 0.449. The van der Waals surface area contributed by atoms with E-state index in [4.69, 9.17) is 23.9 Å². The Morgan fingerprint density at radius 3 is 2.05 bits per heavy atom. The summed E-state index contributed by atoms with van der Waals surface area (Å²) in [6, 6.07) is 25.1. The lowest BCUT2D eigenvalue weighted by molar-refractivity contribution is 0.0330. The average Bonchev–Trinajstić information content (AvgIpc) is 3.52. The number of anilines is 2. The lowest BCUT2D eigenvalue weighted by Crippen LogP contribution is -2.44. The zero-order chi connectivity index (χ0) is 29.9. The van der Waals surface area contributed by atoms with Gasteiger partial charge in [0.1, 0.15) is 11.5 Å². The number of likely N-dealkylation sites (N-methyl/N-ethyl adjacent to an activating group) is 1. The average molecular weight is 603 g/mol. The largest absolute Gasteiger partial charge is 0.497 e. The quantitative estimate of drug-likeness (QED) is 0.157. The molecule has 0 N–H and O–H groups in total. The van der Waals surface area contributed by atoms with Crippen molar-refractivity contribution >= 4 is 22.2 Å². The van der Waals surface area contributed by atoms with Gasteiger partial charge in [0.15, 0.2) is 5.13 Å². The Hall–Kier alpha value is -3.63. The first-order valence-corrected chi connectivity index (χ1v) is 15.6. The Labute approximate surface area is 259 Å². The second-order valence-electron chi connectivity index (χ2n) is 10.7. The summed E-state index contributed by atoms with van der Waals surface area (Å²) < 4.78 is 22.5. The van der Waals surface area contributed by atoms with E-state index in [2.05, 4.69) is 63.5 Å². The van der Waals surface area contributed by atoms with Gasteiger partial charge in [-0.05, 0) is 60.1 Å². The molecular weight excluding hydrogens is 560 g/mol. The highest BCUT2D eigenvalue weighted by atomic mass is 32.1. The number of thiazole rings is 1. The SMILES string of the molecule is COc1cccc(COCCOCc2csc(N(Cc3cccc(OC)c3)Cc3cccc(N4CCN(C)CC4)c3)n2)c1. The van der Waals surface area contributed by atoms with E-state index in [1.165, 1.54) is 16.8 Å². The summed E-state index contributed by atoms with van der Waals surface area (Å²) in [5, 5.41) is 3.06. The molecule has 5 rings (SSSR count). The van der Waals surface area contributed by atoms with Crippen LogP contribution in [0.1, 0.15) is 22.4 Å². The van der Waals surface area contributed by atoms with E-state index in [0.717, 1.165) is 67.2 Å². The van der Waals surface area contributed by atoms with Crippen LogP contribution in [0.3, 0.4) is 0 Å². The van der Waals surface area contributed by atoms with Crippen molar-refractivity contribution in [3.8, 4) is 11.5 Å². The van der Waals surface area contributed by atoms with Crippen LogP contribution in [-0.4, -0.2) is 70.5 Å². The van der Waals surface area contributed by atoms with Gasteiger partial charge in [-0.1, -0.05) is 36.4 Å². The maximum Gasteiger partial charge on any atom is 0.186 e. The van der Waals surface area contributed by atoms with Crippen LogP contribution in [0.15, 0.2) is 78.2 Å². The molecule has 9 heteroatoms. The van der Waals surface area contributed by atoms with Crippen molar-refractivity contribution in [1.29, 1.82) is 0 Å². The Morgan fingerprint density at radius 2 is 1.35 bits per heavy atom. The van der Waals surface area contributed by atoms with E-state index in [1.54, 1.807) is 25.6 Å². The fourth-order valence-corrected chi connectivity index (χ4v) is 5.88. The first kappa shape index (κ1) is 30.8. The van der Waals surface area contributed by atoms with Gasteiger partial charge in [-0.15, -0.1) is 11.3 Å². The van der Waals surface area contributed by atoms with Crippen molar-refractivity contribution in [1.82, 2.24) is 9.88 Å². The van der Waals surface area contributed by atoms with Crippen molar-refractivity contribution in [2.45, 2.75) is 26.3 Å². The summed E-state index contributed by atoms with van der Waals surface area (Å²) in [5.74, 6) is 1.69. The summed E-state index contributed by atoms with van der Waals surface area (Å²) in [4.78, 5) is 12.2. The number of hydrogen-bond acceptors (Lipinski definition) is 9. The predicted molar refractivity (Wildman–Crippen MR) is 173 cm³/mol. The molecule has 0 amide bonds. The van der Waals surface area contributed by atoms with Crippen LogP contribution in [0.2, 0.25) is 0 Å². The molecular formula is C34H42N4O4S. The Kier molecular flexibility index (Phi) is 11.3. The van der Waals surface area contributed by atoms with Crippen molar-refractivity contribution in [3.05, 3.63) is 101 Å². The molecule has 0 unspecified atom stereocenters. The summed E-state index contributed by atoms with van der Waals surface area (Å²) >= 11 is 1.65. The number of ether oxygens (including phenoxy) is 4. The normalized spacial score (nSPS) is 13.7. The molecule has 1 saturated heterocycles. The molecule has 0 spiro atoms. The number of methoxy groups -OCH3 is 2. The smallest absolute Gasteiger partial charge is 0.186 e. The van der Waals surface area contributed by atoms with Gasteiger partial charge in [0, 0.05) is 50.3 Å². The molecule has 1 aromatic heterocycles. The summed E-state index contributed by atoms with van der Waals surface area (Å²) in [6.07, 6.45) is 0. The van der Waals surface area contributed by atoms with Gasteiger partial charge in [-0.25, -0.2) is 4.98 Å². The Morgan fingerprint density at radius 1 is 0.744 bits per heavy atom. The minimum Gasteiger partial charge on any atom is -0.497 e. The number of aromatic nitrogens is 1. The molecule has 0 atom stereocenters. The monoisotopic (exact) mass is 602 g/mol. The first-order chi connectivity index (χ1) is 21.1. The molecule has 8 nitrogen and oxygen atoms in total. The minimum absolute atomic E-state index is 0.449. The predicted octanol–water partition coefficient (Wildman–Crippen LogP) is 5.85. The summed E-state index contributed by atoms with van der Waals surface area (Å²) in [5.41, 5.74) is 5.73. The van der Waals surface area contributed by atoms with Gasteiger partial charge in [0.05, 0.1) is 46.3 Å². The molecule has 1 aliphatic heterocycles. The van der Waals surface area contributed by atoms with Crippen LogP contribution >= 0.6 is 11.3 Å². The molecule has 3 aromatic carbocycles. The van der Waals surface area contributed by atoms with Crippen LogP contribution in [0, 0.1) is 0 Å². The number of nitrogens with zero attached hydrogens (tertiary/aromatic N) is 4. The van der Waals surface area contributed by atoms with Gasteiger partial charge in [-0.3, -0.25) is 0 Å². The zero-order valence-corrected chi connectivity index (χ0v) is 26.2. The van der Waals surface area contributed by atoms with E-state index in [0.29, 0.717) is 26.4 Å². The fraction of sp³-hybridized carbons (Fsp3) is 0.382. The maximum atomic E-state index is 5.90. The van der Waals surface area contributed by atoms with E-state index >= 15 is 0 Å². The molecule has 4 aromatic rings. The van der Waals surface area contributed by atoms with Gasteiger partial charge >= 0.3 is 0 Å². The Balaban J connectivity index is 1.20. The highest BCUT2D eigenvalue weighted by molar-refractivity contribution is 7.13. The maximum absolute atomic E-state index is 5.90. The molecule has 1 fully saturated rings. The fourth-order valence-electron chi connectivity index (χ4n) is 5.07. The highest BCUT2D eigenvalue weighted by Gasteiger charge is 2.17. The van der Waals surface area contributed by atoms with Crippen LogP contribution in [0.25, 0.3) is 0 Å². The van der Waals surface area contributed by atoms with Gasteiger partial charge < -0.3 is 33.6 Å². The van der Waals surface area contributed by atoms with E-state index in [1.807, 2.05) is 36.4 Å². The van der Waals surface area contributed by atoms with Crippen molar-refractivity contribution in [2.24, 2.45) is 0 Å². The molecule has 0 saturated carbocycles. The van der Waals surface area contributed by atoms with Crippen molar-refractivity contribution < 1.29 is 18.9 Å². The molecule has 2 heterocycles. The third-order valence-corrected chi connectivity index (χ3v) is 8.45. The van der Waals surface area contributed by atoms with Crippen molar-refractivity contribution in [2.75, 3.05) is 70.5 Å². The molecule has 0 aliphatic carbocycles. The van der Waals surface area contributed by atoms with E-state index in [-0.39, 0.29) is 0 Å². The highest BCUT2D eigenvalue weighted by Crippen LogP contribution is 2.27. The van der Waals surface area contributed by atoms with Crippen molar-refractivity contribution in [3.63, 3.8) is 0 Å². The third kappa shape index (κ3) is 9.18. The van der Waals surface area contributed by atoms with Crippen LogP contribution in [-0.2, 0) is 35.8 Å². The van der Waals surface area contributed by atoms with Crippen LogP contribution in [0.5, 0.6) is 11.5 Å². The number of benzene rings is 3. The second-order valence-corrected chi connectivity index (χ2v) is 11.6. The third-order valence-electron chi connectivity index (χ3n) is 7.49. The van der Waals surface area contributed by atoms with Gasteiger partial charge in [0.25, 0.3) is 0 Å². The summed E-state index contributed by atoms with van der Waals surface area (Å²) in [7, 11) is 5.57. The lowest BCUT2D eigenvalue weighted by atomic mass is 10.1. The first-order valence-electron chi connectivity index (χ1n) is 14.7. The van der Waals surface area contributed by atoms with Crippen LogP contribution < -0.4 is 19.3 Å². The molecule has 1 aliphatic rings. The topological polar surface area (TPSA) is 59.5 Å². The van der Waals surface area contributed by atoms with Gasteiger partial charge in [-0.2, -0.15) is 0 Å². The number of rotatable bonds is 15. The zero-order valence-electron chi connectivity index (χ0n) is 25.4. The number of hydrogen-bond donors (Lipinski definition) is 0. The second kappa shape index (κ2) is 15.7. The lowest BCUT2D eigenvalue weighted by Gasteiger charge is -2.34. The van der Waals surface area contributed by atoms with E-state index in [9.17, 15) is 0 Å². The van der Waals surface area contributed by atoms with Gasteiger partial charge in [0.2, 0.25) is 0 Å². The van der Waals surface area contributed by atoms with E-state index < -0.39 is 0 Å².